The van der Waals surface area contributed by atoms with Gasteiger partial charge in [0.15, 0.2) is 0 Å². The fourth-order valence-corrected chi connectivity index (χ4v) is 3.43. The van der Waals surface area contributed by atoms with Crippen LogP contribution in [-0.2, 0) is 0 Å². The van der Waals surface area contributed by atoms with Gasteiger partial charge in [-0.1, -0.05) is 35.9 Å². The van der Waals surface area contributed by atoms with Gasteiger partial charge in [-0.3, -0.25) is 4.79 Å². The molecule has 2 N–H and O–H groups in total. The Kier molecular flexibility index (Phi) is 4.41. The maximum Gasteiger partial charge on any atom is 0.267 e. The molecule has 6 nitrogen and oxygen atoms in total. The van der Waals surface area contributed by atoms with Crippen LogP contribution in [0.2, 0.25) is 5.02 Å². The van der Waals surface area contributed by atoms with E-state index in [1.54, 1.807) is 4.90 Å². The number of aromatic nitrogens is 2. The Balaban J connectivity index is 1.68. The number of amides is 1. The molecule has 1 aliphatic heterocycles. The normalized spacial score (nSPS) is 13.7. The van der Waals surface area contributed by atoms with Crippen molar-refractivity contribution in [2.24, 2.45) is 0 Å². The zero-order chi connectivity index (χ0) is 19.0. The average molecular weight is 381 g/mol. The highest BCUT2D eigenvalue weighted by Gasteiger charge is 2.28. The van der Waals surface area contributed by atoms with Gasteiger partial charge in [-0.15, -0.1) is 0 Å². The summed E-state index contributed by atoms with van der Waals surface area (Å²) in [6.07, 6.45) is 1.29. The average Bonchev–Trinajstić information content (AvgIpc) is 2.82. The van der Waals surface area contributed by atoms with Gasteiger partial charge < -0.3 is 15.4 Å². The van der Waals surface area contributed by atoms with Crippen LogP contribution in [0.4, 0.5) is 11.5 Å². The molecule has 0 radical (unpaired) electrons. The molecule has 0 unspecified atom stereocenters. The van der Waals surface area contributed by atoms with Crippen molar-refractivity contribution in [2.75, 3.05) is 23.8 Å². The number of hydrogen-bond acceptors (Lipinski definition) is 5. The molecular weight excluding hydrogens is 364 g/mol. The summed E-state index contributed by atoms with van der Waals surface area (Å²) in [5, 5.41) is 0.695. The summed E-state index contributed by atoms with van der Waals surface area (Å²) < 4.78 is 5.56. The van der Waals surface area contributed by atoms with Crippen LogP contribution in [-0.4, -0.2) is 29.0 Å². The fourth-order valence-electron chi connectivity index (χ4n) is 3.08. The minimum absolute atomic E-state index is 0.111. The second-order valence-electron chi connectivity index (χ2n) is 6.27. The van der Waals surface area contributed by atoms with Crippen molar-refractivity contribution in [3.8, 4) is 17.0 Å². The van der Waals surface area contributed by atoms with E-state index in [4.69, 9.17) is 22.1 Å². The lowest BCUT2D eigenvalue weighted by Gasteiger charge is -2.20. The van der Waals surface area contributed by atoms with Crippen molar-refractivity contribution >= 4 is 29.0 Å². The van der Waals surface area contributed by atoms with Crippen LogP contribution >= 0.6 is 11.6 Å². The highest BCUT2D eigenvalue weighted by atomic mass is 35.5. The second kappa shape index (κ2) is 6.89. The zero-order valence-corrected chi connectivity index (χ0v) is 15.4. The number of rotatable bonds is 2. The van der Waals surface area contributed by atoms with Crippen molar-refractivity contribution < 1.29 is 9.53 Å². The van der Waals surface area contributed by atoms with Gasteiger partial charge in [-0.05, 0) is 36.2 Å². The summed E-state index contributed by atoms with van der Waals surface area (Å²) in [4.78, 5) is 22.5. The third kappa shape index (κ3) is 3.19. The molecule has 0 aliphatic carbocycles. The largest absolute Gasteiger partial charge is 0.475 e. The quantitative estimate of drug-likeness (QED) is 0.732. The molecule has 0 saturated carbocycles. The van der Waals surface area contributed by atoms with Crippen molar-refractivity contribution in [1.29, 1.82) is 0 Å². The predicted molar refractivity (Wildman–Crippen MR) is 105 cm³/mol. The van der Waals surface area contributed by atoms with Gasteiger partial charge in [0.1, 0.15) is 24.3 Å². The molecule has 2 heterocycles. The van der Waals surface area contributed by atoms with Gasteiger partial charge in [0.25, 0.3) is 5.91 Å². The lowest BCUT2D eigenvalue weighted by atomic mass is 10.0. The number of carbonyl (C=O) groups is 1. The molecule has 27 heavy (non-hydrogen) atoms. The highest BCUT2D eigenvalue weighted by Crippen LogP contribution is 2.32. The van der Waals surface area contributed by atoms with E-state index in [1.807, 2.05) is 49.4 Å². The smallest absolute Gasteiger partial charge is 0.267 e. The Morgan fingerprint density at radius 3 is 2.67 bits per heavy atom. The number of fused-ring (bicyclic) bond motifs is 1. The van der Waals surface area contributed by atoms with E-state index < -0.39 is 0 Å². The molecule has 3 aromatic rings. The Morgan fingerprint density at radius 2 is 1.93 bits per heavy atom. The summed E-state index contributed by atoms with van der Waals surface area (Å²) in [6, 6.07) is 13.6. The van der Waals surface area contributed by atoms with E-state index in [9.17, 15) is 4.79 Å². The maximum absolute atomic E-state index is 13.0. The summed E-state index contributed by atoms with van der Waals surface area (Å²) in [5.41, 5.74) is 9.84. The molecular formula is C20H17ClN4O2. The first kappa shape index (κ1) is 17.3. The first-order chi connectivity index (χ1) is 13.0. The SMILES string of the molecule is Cc1ccc(-c2ccc(N3CCOc4ncnc(N)c4C3=O)cc2)c(Cl)c1. The number of carbonyl (C=O) groups excluding carboxylic acids is 1. The van der Waals surface area contributed by atoms with E-state index >= 15 is 0 Å². The second-order valence-corrected chi connectivity index (χ2v) is 6.68. The van der Waals surface area contributed by atoms with Crippen LogP contribution in [0.5, 0.6) is 5.88 Å². The Bertz CT molecular complexity index is 1020. The molecule has 136 valence electrons. The molecule has 0 fully saturated rings. The van der Waals surface area contributed by atoms with Crippen LogP contribution in [0.1, 0.15) is 15.9 Å². The van der Waals surface area contributed by atoms with E-state index in [2.05, 4.69) is 9.97 Å². The van der Waals surface area contributed by atoms with Crippen molar-refractivity contribution in [3.05, 3.63) is 64.9 Å². The standard InChI is InChI=1S/C20H17ClN4O2/c1-12-2-7-15(16(21)10-12)13-3-5-14(6-4-13)25-8-9-27-19-17(20(25)26)18(22)23-11-24-19/h2-7,10-11H,8-9H2,1H3,(H2,22,23,24). The molecule has 1 amide bonds. The number of nitrogen functional groups attached to an aromatic ring is 1. The van der Waals surface area contributed by atoms with Crippen LogP contribution in [0.15, 0.2) is 48.8 Å². The van der Waals surface area contributed by atoms with Crippen LogP contribution in [0.25, 0.3) is 11.1 Å². The third-order valence-electron chi connectivity index (χ3n) is 4.47. The van der Waals surface area contributed by atoms with Gasteiger partial charge in [-0.25, -0.2) is 9.97 Å². The third-order valence-corrected chi connectivity index (χ3v) is 4.78. The summed E-state index contributed by atoms with van der Waals surface area (Å²) in [5.74, 6) is 0.0553. The van der Waals surface area contributed by atoms with Crippen LogP contribution in [0.3, 0.4) is 0 Å². The fraction of sp³-hybridized carbons (Fsp3) is 0.150. The van der Waals surface area contributed by atoms with E-state index in [-0.39, 0.29) is 23.2 Å². The lowest BCUT2D eigenvalue weighted by molar-refractivity contribution is 0.0990. The topological polar surface area (TPSA) is 81.3 Å². The molecule has 0 atom stereocenters. The van der Waals surface area contributed by atoms with Gasteiger partial charge in [0, 0.05) is 16.3 Å². The number of nitrogens with two attached hydrogens (primary N) is 1. The number of aryl methyl sites for hydroxylation is 1. The number of nitrogens with zero attached hydrogens (tertiary/aromatic N) is 3. The molecule has 0 saturated heterocycles. The molecule has 1 aliphatic rings. The monoisotopic (exact) mass is 380 g/mol. The molecule has 4 rings (SSSR count). The summed E-state index contributed by atoms with van der Waals surface area (Å²) >= 11 is 6.36. The predicted octanol–water partition coefficient (Wildman–Crippen LogP) is 3.73. The minimum Gasteiger partial charge on any atom is -0.475 e. The number of anilines is 2. The summed E-state index contributed by atoms with van der Waals surface area (Å²) in [7, 11) is 0. The van der Waals surface area contributed by atoms with Gasteiger partial charge >= 0.3 is 0 Å². The van der Waals surface area contributed by atoms with Crippen molar-refractivity contribution in [3.63, 3.8) is 0 Å². The number of benzene rings is 2. The van der Waals surface area contributed by atoms with E-state index in [0.29, 0.717) is 18.2 Å². The molecule has 0 spiro atoms. The number of hydrogen-bond donors (Lipinski definition) is 1. The van der Waals surface area contributed by atoms with Crippen molar-refractivity contribution in [1.82, 2.24) is 9.97 Å². The van der Waals surface area contributed by atoms with Crippen LogP contribution in [0, 0.1) is 6.92 Å². The van der Waals surface area contributed by atoms with Gasteiger partial charge in [0.2, 0.25) is 5.88 Å². The molecule has 7 heteroatoms. The maximum atomic E-state index is 13.0. The molecule has 0 bridgehead atoms. The van der Waals surface area contributed by atoms with E-state index in [1.165, 1.54) is 6.33 Å². The first-order valence-corrected chi connectivity index (χ1v) is 8.84. The van der Waals surface area contributed by atoms with Crippen molar-refractivity contribution in [2.45, 2.75) is 6.92 Å². The van der Waals surface area contributed by atoms with Crippen LogP contribution < -0.4 is 15.4 Å². The molecule has 2 aromatic carbocycles. The lowest BCUT2D eigenvalue weighted by Crippen LogP contribution is -2.32. The Labute approximate surface area is 161 Å². The number of halogens is 1. The van der Waals surface area contributed by atoms with Gasteiger partial charge in [-0.2, -0.15) is 0 Å². The molecule has 1 aromatic heterocycles. The Hall–Kier alpha value is -3.12. The van der Waals surface area contributed by atoms with Gasteiger partial charge in [0.05, 0.1) is 6.54 Å². The van der Waals surface area contributed by atoms with E-state index in [0.717, 1.165) is 22.4 Å². The number of ether oxygens (including phenoxy) is 1. The first-order valence-electron chi connectivity index (χ1n) is 8.46. The zero-order valence-electron chi connectivity index (χ0n) is 14.6. The minimum atomic E-state index is -0.276. The summed E-state index contributed by atoms with van der Waals surface area (Å²) in [6.45, 7) is 2.71. The Morgan fingerprint density at radius 1 is 1.15 bits per heavy atom. The highest BCUT2D eigenvalue weighted by molar-refractivity contribution is 6.33.